The van der Waals surface area contributed by atoms with Crippen molar-refractivity contribution < 1.29 is 4.79 Å². The molecule has 1 aromatic carbocycles. The average Bonchev–Trinajstić information content (AvgIpc) is 3.13. The number of aromatic nitrogens is 4. The molecule has 0 amide bonds. The smallest absolute Gasteiger partial charge is 0.191 e. The summed E-state index contributed by atoms with van der Waals surface area (Å²) in [5, 5.41) is 9.20. The van der Waals surface area contributed by atoms with E-state index in [1.165, 1.54) is 49.4 Å². The fraction of sp³-hybridized carbons (Fsp3) is 0.364. The molecule has 28 heavy (non-hydrogen) atoms. The van der Waals surface area contributed by atoms with Crippen molar-refractivity contribution in [1.29, 1.82) is 0 Å². The first-order chi connectivity index (χ1) is 13.7. The first-order valence-electron chi connectivity index (χ1n) is 9.78. The van der Waals surface area contributed by atoms with Crippen LogP contribution >= 0.6 is 11.8 Å². The second-order valence-corrected chi connectivity index (χ2v) is 8.22. The highest BCUT2D eigenvalue weighted by Gasteiger charge is 2.17. The van der Waals surface area contributed by atoms with E-state index in [0.29, 0.717) is 11.7 Å². The van der Waals surface area contributed by atoms with Crippen LogP contribution in [0.15, 0.2) is 53.9 Å². The summed E-state index contributed by atoms with van der Waals surface area (Å²) in [6.45, 7) is 0. The number of carbonyl (C=O) groups excluding carboxylic acids is 1. The van der Waals surface area contributed by atoms with Gasteiger partial charge >= 0.3 is 0 Å². The maximum absolute atomic E-state index is 12.6. The number of nitrogens with zero attached hydrogens (tertiary/aromatic N) is 4. The molecule has 6 heteroatoms. The van der Waals surface area contributed by atoms with Gasteiger partial charge in [-0.1, -0.05) is 55.3 Å². The molecule has 0 bridgehead atoms. The van der Waals surface area contributed by atoms with Crippen LogP contribution in [0.25, 0.3) is 11.4 Å². The molecule has 4 rings (SSSR count). The minimum atomic E-state index is 0.117. The zero-order valence-corrected chi connectivity index (χ0v) is 16.9. The molecular formula is C22H24N4OS. The van der Waals surface area contributed by atoms with Gasteiger partial charge in [-0.25, -0.2) is 0 Å². The summed E-state index contributed by atoms with van der Waals surface area (Å²) in [6.07, 6.45) is 10.0. The van der Waals surface area contributed by atoms with Gasteiger partial charge in [0.1, 0.15) is 0 Å². The lowest BCUT2D eigenvalue weighted by Crippen LogP contribution is -2.07. The lowest BCUT2D eigenvalue weighted by atomic mass is 9.84. The Bertz CT molecular complexity index is 931. The number of hydrogen-bond acceptors (Lipinski definition) is 5. The first kappa shape index (κ1) is 18.9. The molecular weight excluding hydrogens is 368 g/mol. The summed E-state index contributed by atoms with van der Waals surface area (Å²) in [5.74, 6) is 1.88. The first-order valence-corrected chi connectivity index (χ1v) is 10.8. The van der Waals surface area contributed by atoms with Crippen LogP contribution in [0.4, 0.5) is 0 Å². The summed E-state index contributed by atoms with van der Waals surface area (Å²) in [7, 11) is 1.91. The number of carbonyl (C=O) groups is 1. The van der Waals surface area contributed by atoms with Gasteiger partial charge in [-0.2, -0.15) is 0 Å². The molecule has 1 saturated carbocycles. The topological polar surface area (TPSA) is 60.7 Å². The monoisotopic (exact) mass is 392 g/mol. The summed E-state index contributed by atoms with van der Waals surface area (Å²) in [4.78, 5) is 16.7. The van der Waals surface area contributed by atoms with Gasteiger partial charge in [-0.3, -0.25) is 9.78 Å². The van der Waals surface area contributed by atoms with Crippen molar-refractivity contribution in [2.24, 2.45) is 7.05 Å². The number of benzene rings is 1. The Kier molecular flexibility index (Phi) is 5.86. The standard InChI is InChI=1S/C22H24N4OS/c1-26-21(19-8-5-13-23-14-19)24-25-22(26)28-15-20(27)18-11-9-17(10-12-18)16-6-3-2-4-7-16/h5,8-14,16H,2-4,6-7,15H2,1H3. The molecule has 0 N–H and O–H groups in total. The average molecular weight is 393 g/mol. The molecule has 0 saturated heterocycles. The van der Waals surface area contributed by atoms with Crippen LogP contribution in [0.1, 0.15) is 53.9 Å². The fourth-order valence-corrected chi connectivity index (χ4v) is 4.58. The van der Waals surface area contributed by atoms with E-state index >= 15 is 0 Å². The molecule has 5 nitrogen and oxygen atoms in total. The number of pyridine rings is 1. The Balaban J connectivity index is 1.39. The van der Waals surface area contributed by atoms with E-state index in [-0.39, 0.29) is 5.78 Å². The van der Waals surface area contributed by atoms with Gasteiger partial charge < -0.3 is 4.57 Å². The number of Topliss-reactive ketones (excluding diaryl/α,β-unsaturated/α-hetero) is 1. The highest BCUT2D eigenvalue weighted by atomic mass is 32.2. The Morgan fingerprint density at radius 3 is 2.61 bits per heavy atom. The van der Waals surface area contributed by atoms with Gasteiger partial charge in [0.25, 0.3) is 0 Å². The lowest BCUT2D eigenvalue weighted by Gasteiger charge is -2.22. The minimum Gasteiger partial charge on any atom is -0.305 e. The fourth-order valence-electron chi connectivity index (χ4n) is 3.78. The molecule has 0 spiro atoms. The predicted molar refractivity (Wildman–Crippen MR) is 112 cm³/mol. The van der Waals surface area contributed by atoms with E-state index in [1.54, 1.807) is 12.4 Å². The zero-order chi connectivity index (χ0) is 19.3. The largest absolute Gasteiger partial charge is 0.305 e. The van der Waals surface area contributed by atoms with Crippen molar-refractivity contribution in [2.75, 3.05) is 5.75 Å². The molecule has 1 aliphatic rings. The number of rotatable bonds is 6. The number of thioether (sulfide) groups is 1. The third kappa shape index (κ3) is 4.17. The van der Waals surface area contributed by atoms with Crippen LogP contribution in [0.3, 0.4) is 0 Å². The summed E-state index contributed by atoms with van der Waals surface area (Å²) in [6, 6.07) is 12.0. The third-order valence-electron chi connectivity index (χ3n) is 5.40. The third-order valence-corrected chi connectivity index (χ3v) is 6.42. The van der Waals surface area contributed by atoms with Gasteiger partial charge in [0.05, 0.1) is 5.75 Å². The minimum absolute atomic E-state index is 0.117. The van der Waals surface area contributed by atoms with Crippen LogP contribution in [0.5, 0.6) is 0 Å². The van der Waals surface area contributed by atoms with Gasteiger partial charge in [0, 0.05) is 30.6 Å². The molecule has 1 fully saturated rings. The maximum atomic E-state index is 12.6. The quantitative estimate of drug-likeness (QED) is 0.441. The number of hydrogen-bond donors (Lipinski definition) is 0. The molecule has 0 radical (unpaired) electrons. The van der Waals surface area contributed by atoms with Crippen molar-refractivity contribution in [2.45, 2.75) is 43.2 Å². The molecule has 0 unspecified atom stereocenters. The Labute approximate surface area is 169 Å². The lowest BCUT2D eigenvalue weighted by molar-refractivity contribution is 0.102. The second kappa shape index (κ2) is 8.69. The Morgan fingerprint density at radius 2 is 1.89 bits per heavy atom. The predicted octanol–water partition coefficient (Wildman–Crippen LogP) is 4.90. The Hall–Kier alpha value is -2.47. The van der Waals surface area contributed by atoms with Crippen molar-refractivity contribution in [3.63, 3.8) is 0 Å². The Morgan fingerprint density at radius 1 is 1.11 bits per heavy atom. The van der Waals surface area contributed by atoms with Crippen LogP contribution in [0.2, 0.25) is 0 Å². The van der Waals surface area contributed by atoms with Crippen LogP contribution in [-0.4, -0.2) is 31.3 Å². The zero-order valence-electron chi connectivity index (χ0n) is 16.0. The summed E-state index contributed by atoms with van der Waals surface area (Å²) in [5.41, 5.74) is 3.05. The second-order valence-electron chi connectivity index (χ2n) is 7.28. The van der Waals surface area contributed by atoms with Crippen molar-refractivity contribution in [3.05, 3.63) is 59.9 Å². The molecule has 2 heterocycles. The molecule has 3 aromatic rings. The van der Waals surface area contributed by atoms with E-state index in [4.69, 9.17) is 0 Å². The van der Waals surface area contributed by atoms with Gasteiger partial charge in [0.15, 0.2) is 16.8 Å². The molecule has 1 aliphatic carbocycles. The highest BCUT2D eigenvalue weighted by molar-refractivity contribution is 7.99. The van der Waals surface area contributed by atoms with Crippen molar-refractivity contribution in [3.8, 4) is 11.4 Å². The SMILES string of the molecule is Cn1c(SCC(=O)c2ccc(C3CCCCC3)cc2)nnc1-c1cccnc1. The highest BCUT2D eigenvalue weighted by Crippen LogP contribution is 2.32. The van der Waals surface area contributed by atoms with E-state index < -0.39 is 0 Å². The number of ketones is 1. The van der Waals surface area contributed by atoms with Gasteiger partial charge in [-0.15, -0.1) is 10.2 Å². The summed E-state index contributed by atoms with van der Waals surface area (Å²) >= 11 is 1.42. The molecule has 0 atom stereocenters. The van der Waals surface area contributed by atoms with Gasteiger partial charge in [0.2, 0.25) is 0 Å². The van der Waals surface area contributed by atoms with E-state index in [1.807, 2.05) is 35.9 Å². The van der Waals surface area contributed by atoms with E-state index in [2.05, 4.69) is 27.3 Å². The normalized spacial score (nSPS) is 14.9. The van der Waals surface area contributed by atoms with E-state index in [9.17, 15) is 4.79 Å². The molecule has 2 aromatic heterocycles. The molecule has 144 valence electrons. The van der Waals surface area contributed by atoms with E-state index in [0.717, 1.165) is 22.1 Å². The maximum Gasteiger partial charge on any atom is 0.191 e. The van der Waals surface area contributed by atoms with Crippen molar-refractivity contribution >= 4 is 17.5 Å². The molecule has 0 aliphatic heterocycles. The van der Waals surface area contributed by atoms with Crippen molar-refractivity contribution in [1.82, 2.24) is 19.7 Å². The van der Waals surface area contributed by atoms with Crippen LogP contribution in [0, 0.1) is 0 Å². The van der Waals surface area contributed by atoms with Gasteiger partial charge in [-0.05, 0) is 36.5 Å². The van der Waals surface area contributed by atoms with Crippen LogP contribution < -0.4 is 0 Å². The van der Waals surface area contributed by atoms with Crippen LogP contribution in [-0.2, 0) is 7.05 Å². The summed E-state index contributed by atoms with van der Waals surface area (Å²) < 4.78 is 1.90.